The number of rotatable bonds is 2. The number of likely N-dealkylation sites (N-methyl/N-ethyl adjacent to an activating group) is 1. The molecule has 0 amide bonds. The van der Waals surface area contributed by atoms with Crippen LogP contribution < -0.4 is 0 Å². The lowest BCUT2D eigenvalue weighted by Gasteiger charge is -2.14. The van der Waals surface area contributed by atoms with E-state index in [4.69, 9.17) is 5.11 Å². The van der Waals surface area contributed by atoms with Gasteiger partial charge in [-0.15, -0.1) is 0 Å². The largest absolute Gasteiger partial charge is 0.460 e. The second-order valence-corrected chi connectivity index (χ2v) is 1.30. The summed E-state index contributed by atoms with van der Waals surface area (Å²) in [6.07, 6.45) is 0. The molecule has 0 aliphatic heterocycles. The van der Waals surface area contributed by atoms with Crippen molar-refractivity contribution in [2.45, 2.75) is 0 Å². The third kappa shape index (κ3) is 3.92. The minimum atomic E-state index is 0.194. The van der Waals surface area contributed by atoms with Gasteiger partial charge in [-0.3, -0.25) is 7.05 Å². The predicted octanol–water partition coefficient (Wildman–Crippen LogP) is -0.298. The molecule has 0 aliphatic rings. The Bertz CT molecular complexity index is 28.7. The summed E-state index contributed by atoms with van der Waals surface area (Å²) < 4.78 is 0. The monoisotopic (exact) mass is 88.1 g/mol. The lowest BCUT2D eigenvalue weighted by Crippen LogP contribution is -2.13. The smallest absolute Gasteiger partial charge is 0.0534 e. The first-order valence-electron chi connectivity index (χ1n) is 1.90. The van der Waals surface area contributed by atoms with Crippen molar-refractivity contribution in [3.8, 4) is 0 Å². The molecule has 0 bridgehead atoms. The van der Waals surface area contributed by atoms with Crippen molar-refractivity contribution in [3.05, 3.63) is 7.05 Å². The maximum Gasteiger partial charge on any atom is 0.0534 e. The Morgan fingerprint density at radius 1 is 1.83 bits per heavy atom. The quantitative estimate of drug-likeness (QED) is 0.468. The van der Waals surface area contributed by atoms with Crippen LogP contribution in [-0.4, -0.2) is 30.2 Å². The lowest BCUT2D eigenvalue weighted by atomic mass is 10.6. The average molecular weight is 88.1 g/mol. The zero-order valence-electron chi connectivity index (χ0n) is 4.02. The van der Waals surface area contributed by atoms with Gasteiger partial charge in [0.1, 0.15) is 0 Å². The van der Waals surface area contributed by atoms with Crippen LogP contribution in [0.5, 0.6) is 0 Å². The van der Waals surface area contributed by atoms with Gasteiger partial charge in [-0.2, -0.15) is 0 Å². The minimum Gasteiger partial charge on any atom is -0.460 e. The summed E-state index contributed by atoms with van der Waals surface area (Å²) in [6.45, 7) is 0.847. The van der Waals surface area contributed by atoms with Crippen LogP contribution in [0.1, 0.15) is 0 Å². The Morgan fingerprint density at radius 3 is 2.33 bits per heavy atom. The molecule has 0 aromatic rings. The van der Waals surface area contributed by atoms with E-state index in [2.05, 4.69) is 7.05 Å². The zero-order valence-corrected chi connectivity index (χ0v) is 4.02. The van der Waals surface area contributed by atoms with Crippen LogP contribution in [0, 0.1) is 7.05 Å². The number of aliphatic hydroxyl groups excluding tert-OH is 1. The Labute approximate surface area is 38.4 Å². The number of hydrogen-bond donors (Lipinski definition) is 1. The summed E-state index contributed by atoms with van der Waals surface area (Å²) in [4.78, 5) is 1.68. The summed E-state index contributed by atoms with van der Waals surface area (Å²) in [5.41, 5.74) is 0. The summed E-state index contributed by atoms with van der Waals surface area (Å²) in [6, 6.07) is 0. The first-order chi connectivity index (χ1) is 2.77. The number of hydrogen-bond acceptors (Lipinski definition) is 2. The van der Waals surface area contributed by atoms with Crippen LogP contribution in [0.25, 0.3) is 0 Å². The molecule has 0 aromatic heterocycles. The molecule has 2 heteroatoms. The van der Waals surface area contributed by atoms with Crippen molar-refractivity contribution in [1.82, 2.24) is 4.90 Å². The molecule has 0 unspecified atom stereocenters. The van der Waals surface area contributed by atoms with Crippen LogP contribution in [-0.2, 0) is 0 Å². The molecular weight excluding hydrogens is 78.0 g/mol. The van der Waals surface area contributed by atoms with Gasteiger partial charge in [-0.25, -0.2) is 0 Å². The fourth-order valence-corrected chi connectivity index (χ4v) is 0.171. The highest BCUT2D eigenvalue weighted by atomic mass is 16.3. The van der Waals surface area contributed by atoms with E-state index >= 15 is 0 Å². The van der Waals surface area contributed by atoms with Crippen molar-refractivity contribution in [1.29, 1.82) is 0 Å². The molecule has 0 spiro atoms. The minimum absolute atomic E-state index is 0.194. The van der Waals surface area contributed by atoms with Crippen LogP contribution in [0.4, 0.5) is 0 Å². The van der Waals surface area contributed by atoms with E-state index in [1.807, 2.05) is 7.05 Å². The predicted molar refractivity (Wildman–Crippen MR) is 25.1 cm³/mol. The Hall–Kier alpha value is -0.0800. The highest BCUT2D eigenvalue weighted by Crippen LogP contribution is 1.69. The third-order valence-corrected chi connectivity index (χ3v) is 0.482. The second kappa shape index (κ2) is 3.12. The van der Waals surface area contributed by atoms with Gasteiger partial charge in [-0.1, -0.05) is 0 Å². The van der Waals surface area contributed by atoms with Crippen molar-refractivity contribution < 1.29 is 5.11 Å². The van der Waals surface area contributed by atoms with E-state index in [0.717, 1.165) is 0 Å². The fourth-order valence-electron chi connectivity index (χ4n) is 0.171. The molecule has 0 rings (SSSR count). The summed E-state index contributed by atoms with van der Waals surface area (Å²) in [7, 11) is 5.32. The lowest BCUT2D eigenvalue weighted by molar-refractivity contribution is 0.253. The molecule has 1 N–H and O–H groups in total. The highest BCUT2D eigenvalue weighted by Gasteiger charge is 1.73. The van der Waals surface area contributed by atoms with E-state index in [1.54, 1.807) is 4.90 Å². The van der Waals surface area contributed by atoms with Gasteiger partial charge in [0.15, 0.2) is 0 Å². The second-order valence-electron chi connectivity index (χ2n) is 1.30. The number of aliphatic hydroxyl groups is 1. The van der Waals surface area contributed by atoms with E-state index in [9.17, 15) is 0 Å². The molecule has 0 heterocycles. The standard InChI is InChI=1S/C4H10NO/c1-5(2)3-4-6/h6H,1,3-4H2,2H3/q-1. The van der Waals surface area contributed by atoms with Crippen LogP contribution >= 0.6 is 0 Å². The molecule has 0 aromatic carbocycles. The van der Waals surface area contributed by atoms with Crippen LogP contribution in [0.15, 0.2) is 0 Å². The van der Waals surface area contributed by atoms with Gasteiger partial charge in [0.2, 0.25) is 0 Å². The molecule has 0 atom stereocenters. The first kappa shape index (κ1) is 5.92. The maximum absolute atomic E-state index is 8.16. The van der Waals surface area contributed by atoms with Gasteiger partial charge < -0.3 is 10.0 Å². The first-order valence-corrected chi connectivity index (χ1v) is 1.90. The molecule has 0 saturated carbocycles. The molecule has 2 nitrogen and oxygen atoms in total. The van der Waals surface area contributed by atoms with E-state index in [-0.39, 0.29) is 6.61 Å². The van der Waals surface area contributed by atoms with Gasteiger partial charge in [0.25, 0.3) is 0 Å². The third-order valence-electron chi connectivity index (χ3n) is 0.482. The van der Waals surface area contributed by atoms with Gasteiger partial charge in [0, 0.05) is 0 Å². The van der Waals surface area contributed by atoms with Crippen molar-refractivity contribution in [3.63, 3.8) is 0 Å². The van der Waals surface area contributed by atoms with E-state index < -0.39 is 0 Å². The SMILES string of the molecule is [CH2-]N(C)CCO. The fraction of sp³-hybridized carbons (Fsp3) is 0.750. The molecule has 0 fully saturated rings. The van der Waals surface area contributed by atoms with Gasteiger partial charge in [-0.05, 0) is 13.6 Å². The number of nitrogens with zero attached hydrogens (tertiary/aromatic N) is 1. The van der Waals surface area contributed by atoms with Crippen LogP contribution in [0.3, 0.4) is 0 Å². The molecule has 0 radical (unpaired) electrons. The van der Waals surface area contributed by atoms with E-state index in [0.29, 0.717) is 6.54 Å². The average Bonchev–Trinajstić information content (AvgIpc) is 1.35. The molecule has 0 saturated heterocycles. The highest BCUT2D eigenvalue weighted by molar-refractivity contribution is 4.40. The van der Waals surface area contributed by atoms with Crippen molar-refractivity contribution in [2.75, 3.05) is 20.2 Å². The zero-order chi connectivity index (χ0) is 4.99. The van der Waals surface area contributed by atoms with Crippen molar-refractivity contribution >= 4 is 0 Å². The maximum atomic E-state index is 8.16. The Morgan fingerprint density at radius 2 is 2.33 bits per heavy atom. The van der Waals surface area contributed by atoms with Gasteiger partial charge >= 0.3 is 0 Å². The molecule has 0 aliphatic carbocycles. The topological polar surface area (TPSA) is 23.5 Å². The summed E-state index contributed by atoms with van der Waals surface area (Å²) >= 11 is 0. The normalized spacial score (nSPS) is 10.0. The van der Waals surface area contributed by atoms with E-state index in [1.165, 1.54) is 0 Å². The Balaban J connectivity index is 2.63. The summed E-state index contributed by atoms with van der Waals surface area (Å²) in [5.74, 6) is 0. The summed E-state index contributed by atoms with van der Waals surface area (Å²) in [5, 5.41) is 8.16. The molecule has 6 heavy (non-hydrogen) atoms. The van der Waals surface area contributed by atoms with Crippen molar-refractivity contribution in [2.24, 2.45) is 0 Å². The van der Waals surface area contributed by atoms with Crippen LogP contribution in [0.2, 0.25) is 0 Å². The molecular formula is C4H10NO-. The van der Waals surface area contributed by atoms with Gasteiger partial charge in [0.05, 0.1) is 6.61 Å². The molecule has 38 valence electrons. The Kier molecular flexibility index (Phi) is 3.08.